The highest BCUT2D eigenvalue weighted by Gasteiger charge is 2.10. The van der Waals surface area contributed by atoms with Gasteiger partial charge in [0.2, 0.25) is 0 Å². The Balaban J connectivity index is 2.51. The van der Waals surface area contributed by atoms with Gasteiger partial charge in [0.1, 0.15) is 0 Å². The van der Waals surface area contributed by atoms with E-state index >= 15 is 0 Å². The third-order valence-corrected chi connectivity index (χ3v) is 3.48. The van der Waals surface area contributed by atoms with Gasteiger partial charge in [0.05, 0.1) is 5.69 Å². The van der Waals surface area contributed by atoms with Crippen LogP contribution in [0.15, 0.2) is 0 Å². The van der Waals surface area contributed by atoms with Crippen LogP contribution in [0.4, 0.5) is 0 Å². The molecule has 1 rings (SSSR count). The lowest BCUT2D eigenvalue weighted by molar-refractivity contribution is 0.539. The molecule has 0 bridgehead atoms. The Morgan fingerprint density at radius 1 is 1.06 bits per heavy atom. The van der Waals surface area contributed by atoms with Crippen LogP contribution in [-0.2, 0) is 13.0 Å². The van der Waals surface area contributed by atoms with Crippen molar-refractivity contribution in [2.45, 2.75) is 66.3 Å². The van der Waals surface area contributed by atoms with Gasteiger partial charge < -0.3 is 5.32 Å². The predicted octanol–water partition coefficient (Wildman–Crippen LogP) is 3.23. The number of unbranched alkanes of at least 4 members (excludes halogenated alkanes) is 2. The van der Waals surface area contributed by atoms with Gasteiger partial charge in [0, 0.05) is 12.2 Å². The first kappa shape index (κ1) is 15.2. The van der Waals surface area contributed by atoms with Gasteiger partial charge in [0.25, 0.3) is 0 Å². The van der Waals surface area contributed by atoms with Crippen LogP contribution >= 0.6 is 0 Å². The third kappa shape index (κ3) is 4.45. The summed E-state index contributed by atoms with van der Waals surface area (Å²) >= 11 is 0. The summed E-state index contributed by atoms with van der Waals surface area (Å²) in [4.78, 5) is 0. The van der Waals surface area contributed by atoms with Crippen molar-refractivity contribution < 1.29 is 0 Å². The number of rotatable bonds is 9. The molecule has 3 nitrogen and oxygen atoms in total. The maximum atomic E-state index is 4.67. The second-order valence-corrected chi connectivity index (χ2v) is 5.08. The molecular weight excluding hydrogens is 222 g/mol. The zero-order valence-electron chi connectivity index (χ0n) is 12.6. The topological polar surface area (TPSA) is 29.9 Å². The Hall–Kier alpha value is -0.830. The average Bonchev–Trinajstić information content (AvgIpc) is 2.62. The lowest BCUT2D eigenvalue weighted by atomic mass is 10.1. The standard InChI is InChI=1S/C15H29N3/c1-5-7-8-12-18-14(4)15(13(3)17-18)9-11-16-10-6-2/h16H,5-12H2,1-4H3. The Morgan fingerprint density at radius 2 is 1.83 bits per heavy atom. The molecule has 1 N–H and O–H groups in total. The average molecular weight is 251 g/mol. The Labute approximate surface area is 112 Å². The van der Waals surface area contributed by atoms with E-state index in [0.717, 1.165) is 26.1 Å². The molecule has 1 aromatic heterocycles. The summed E-state index contributed by atoms with van der Waals surface area (Å²) in [6.07, 6.45) is 6.12. The second-order valence-electron chi connectivity index (χ2n) is 5.08. The fourth-order valence-electron chi connectivity index (χ4n) is 2.34. The van der Waals surface area contributed by atoms with Crippen LogP contribution in [0, 0.1) is 13.8 Å². The smallest absolute Gasteiger partial charge is 0.0628 e. The van der Waals surface area contributed by atoms with Crippen LogP contribution in [0.1, 0.15) is 56.5 Å². The summed E-state index contributed by atoms with van der Waals surface area (Å²) in [5.74, 6) is 0. The zero-order chi connectivity index (χ0) is 13.4. The van der Waals surface area contributed by atoms with Crippen molar-refractivity contribution in [3.05, 3.63) is 17.0 Å². The van der Waals surface area contributed by atoms with E-state index in [0.29, 0.717) is 0 Å². The Morgan fingerprint density at radius 3 is 2.50 bits per heavy atom. The largest absolute Gasteiger partial charge is 0.316 e. The lowest BCUT2D eigenvalue weighted by Crippen LogP contribution is -2.18. The molecule has 0 aliphatic rings. The fraction of sp³-hybridized carbons (Fsp3) is 0.800. The van der Waals surface area contributed by atoms with E-state index in [1.54, 1.807) is 0 Å². The number of hydrogen-bond acceptors (Lipinski definition) is 2. The Bertz CT molecular complexity index is 342. The number of hydrogen-bond donors (Lipinski definition) is 1. The van der Waals surface area contributed by atoms with Crippen molar-refractivity contribution in [3.63, 3.8) is 0 Å². The number of aryl methyl sites for hydroxylation is 2. The summed E-state index contributed by atoms with van der Waals surface area (Å²) in [5.41, 5.74) is 4.01. The molecule has 1 aromatic rings. The highest BCUT2D eigenvalue weighted by Crippen LogP contribution is 2.14. The molecule has 0 aliphatic carbocycles. The predicted molar refractivity (Wildman–Crippen MR) is 78.1 cm³/mol. The van der Waals surface area contributed by atoms with Crippen molar-refractivity contribution in [1.29, 1.82) is 0 Å². The van der Waals surface area contributed by atoms with Crippen LogP contribution in [0.25, 0.3) is 0 Å². The minimum absolute atomic E-state index is 1.07. The zero-order valence-corrected chi connectivity index (χ0v) is 12.6. The minimum atomic E-state index is 1.07. The summed E-state index contributed by atoms with van der Waals surface area (Å²) in [6.45, 7) is 12.0. The summed E-state index contributed by atoms with van der Waals surface area (Å²) < 4.78 is 2.19. The maximum absolute atomic E-state index is 4.67. The molecule has 0 saturated carbocycles. The first-order chi connectivity index (χ1) is 8.70. The molecule has 104 valence electrons. The highest BCUT2D eigenvalue weighted by atomic mass is 15.3. The van der Waals surface area contributed by atoms with E-state index in [4.69, 9.17) is 0 Å². The van der Waals surface area contributed by atoms with Gasteiger partial charge in [-0.25, -0.2) is 0 Å². The molecule has 0 aliphatic heterocycles. The molecular formula is C15H29N3. The van der Waals surface area contributed by atoms with Gasteiger partial charge in [-0.15, -0.1) is 0 Å². The van der Waals surface area contributed by atoms with Crippen molar-refractivity contribution in [1.82, 2.24) is 15.1 Å². The van der Waals surface area contributed by atoms with E-state index in [1.165, 1.54) is 42.6 Å². The first-order valence-electron chi connectivity index (χ1n) is 7.44. The van der Waals surface area contributed by atoms with Crippen LogP contribution in [-0.4, -0.2) is 22.9 Å². The molecule has 1 heterocycles. The molecule has 0 fully saturated rings. The van der Waals surface area contributed by atoms with Gasteiger partial charge >= 0.3 is 0 Å². The quantitative estimate of drug-likeness (QED) is 0.683. The van der Waals surface area contributed by atoms with Gasteiger partial charge in [-0.05, 0) is 51.8 Å². The first-order valence-corrected chi connectivity index (χ1v) is 7.44. The third-order valence-electron chi connectivity index (χ3n) is 3.48. The molecule has 18 heavy (non-hydrogen) atoms. The van der Waals surface area contributed by atoms with Crippen LogP contribution in [0.2, 0.25) is 0 Å². The second kappa shape index (κ2) is 8.30. The van der Waals surface area contributed by atoms with Crippen molar-refractivity contribution in [3.8, 4) is 0 Å². The van der Waals surface area contributed by atoms with Crippen molar-refractivity contribution >= 4 is 0 Å². The van der Waals surface area contributed by atoms with E-state index in [9.17, 15) is 0 Å². The lowest BCUT2D eigenvalue weighted by Gasteiger charge is -2.06. The summed E-state index contributed by atoms with van der Waals surface area (Å²) in [5, 5.41) is 8.13. The van der Waals surface area contributed by atoms with E-state index in [1.807, 2.05) is 0 Å². The van der Waals surface area contributed by atoms with Crippen LogP contribution < -0.4 is 5.32 Å². The SMILES string of the molecule is CCCCCn1nc(C)c(CCNCCC)c1C. The molecule has 0 atom stereocenters. The van der Waals surface area contributed by atoms with Crippen LogP contribution in [0.5, 0.6) is 0 Å². The number of nitrogens with one attached hydrogen (secondary N) is 1. The van der Waals surface area contributed by atoms with Gasteiger partial charge in [0.15, 0.2) is 0 Å². The molecule has 0 amide bonds. The van der Waals surface area contributed by atoms with Gasteiger partial charge in [-0.2, -0.15) is 5.10 Å². The monoisotopic (exact) mass is 251 g/mol. The molecule has 0 spiro atoms. The maximum Gasteiger partial charge on any atom is 0.0628 e. The summed E-state index contributed by atoms with van der Waals surface area (Å²) in [7, 11) is 0. The van der Waals surface area contributed by atoms with E-state index < -0.39 is 0 Å². The van der Waals surface area contributed by atoms with Gasteiger partial charge in [-0.3, -0.25) is 4.68 Å². The van der Waals surface area contributed by atoms with E-state index in [2.05, 4.69) is 42.8 Å². The fourth-order valence-corrected chi connectivity index (χ4v) is 2.34. The Kier molecular flexibility index (Phi) is 7.02. The summed E-state index contributed by atoms with van der Waals surface area (Å²) in [6, 6.07) is 0. The molecule has 0 unspecified atom stereocenters. The van der Waals surface area contributed by atoms with Crippen molar-refractivity contribution in [2.24, 2.45) is 0 Å². The van der Waals surface area contributed by atoms with Gasteiger partial charge in [-0.1, -0.05) is 26.7 Å². The van der Waals surface area contributed by atoms with Crippen molar-refractivity contribution in [2.75, 3.05) is 13.1 Å². The van der Waals surface area contributed by atoms with E-state index in [-0.39, 0.29) is 0 Å². The molecule has 0 saturated heterocycles. The number of nitrogens with zero attached hydrogens (tertiary/aromatic N) is 2. The molecule has 3 heteroatoms. The highest BCUT2D eigenvalue weighted by molar-refractivity contribution is 5.24. The minimum Gasteiger partial charge on any atom is -0.316 e. The molecule has 0 radical (unpaired) electrons. The molecule has 0 aromatic carbocycles. The number of aromatic nitrogens is 2. The normalized spacial score (nSPS) is 11.1. The van der Waals surface area contributed by atoms with Crippen LogP contribution in [0.3, 0.4) is 0 Å².